The maximum atomic E-state index is 11.7. The molecule has 0 aliphatic carbocycles. The van der Waals surface area contributed by atoms with E-state index in [-0.39, 0.29) is 5.91 Å². The van der Waals surface area contributed by atoms with E-state index in [4.69, 9.17) is 0 Å². The first-order valence-corrected chi connectivity index (χ1v) is 6.79. The van der Waals surface area contributed by atoms with Gasteiger partial charge in [0.1, 0.15) is 0 Å². The highest BCUT2D eigenvalue weighted by Gasteiger charge is 2.09. The normalized spacial score (nSPS) is 11.4. The number of carbonyl (C=O) groups is 1. The summed E-state index contributed by atoms with van der Waals surface area (Å²) in [7, 11) is 3.83. The molecule has 1 amide bonds. The number of nitrogens with one attached hydrogen (secondary N) is 1. The van der Waals surface area contributed by atoms with Crippen LogP contribution in [0, 0.1) is 0 Å². The molecule has 0 bridgehead atoms. The summed E-state index contributed by atoms with van der Waals surface area (Å²) >= 11 is 0. The van der Waals surface area contributed by atoms with Crippen molar-refractivity contribution in [2.24, 2.45) is 0 Å². The maximum Gasteiger partial charge on any atom is 0.267 e. The Bertz CT molecular complexity index is 234. The van der Waals surface area contributed by atoms with Crippen molar-refractivity contribution in [3.05, 3.63) is 11.8 Å². The highest BCUT2D eigenvalue weighted by atomic mass is 16.2. The van der Waals surface area contributed by atoms with Crippen molar-refractivity contribution in [2.75, 3.05) is 20.6 Å². The van der Waals surface area contributed by atoms with Crippen molar-refractivity contribution in [1.82, 2.24) is 10.2 Å². The van der Waals surface area contributed by atoms with E-state index in [1.165, 1.54) is 32.1 Å². The lowest BCUT2D eigenvalue weighted by atomic mass is 10.1. The molecule has 0 aliphatic rings. The fourth-order valence-electron chi connectivity index (χ4n) is 1.72. The third-order valence-corrected chi connectivity index (χ3v) is 2.70. The molecule has 0 aliphatic heterocycles. The highest BCUT2D eigenvalue weighted by molar-refractivity contribution is 5.92. The fraction of sp³-hybridized carbons (Fsp3) is 0.786. The third kappa shape index (κ3) is 7.83. The van der Waals surface area contributed by atoms with Crippen LogP contribution in [-0.2, 0) is 4.79 Å². The molecule has 3 nitrogen and oxygen atoms in total. The van der Waals surface area contributed by atoms with E-state index in [0.717, 1.165) is 12.1 Å². The largest absolute Gasteiger partial charge is 0.373 e. The zero-order valence-corrected chi connectivity index (χ0v) is 11.9. The Labute approximate surface area is 106 Å². The van der Waals surface area contributed by atoms with E-state index in [2.05, 4.69) is 18.3 Å². The monoisotopic (exact) mass is 240 g/mol. The lowest BCUT2D eigenvalue weighted by Crippen LogP contribution is -2.31. The second-order valence-electron chi connectivity index (χ2n) is 4.55. The molecule has 17 heavy (non-hydrogen) atoms. The molecule has 0 fully saturated rings. The van der Waals surface area contributed by atoms with Crippen molar-refractivity contribution in [2.45, 2.75) is 52.4 Å². The smallest absolute Gasteiger partial charge is 0.267 e. The summed E-state index contributed by atoms with van der Waals surface area (Å²) in [5.41, 5.74) is 0.780. The number of rotatable bonds is 9. The number of hydrogen-bond acceptors (Lipinski definition) is 2. The number of unbranched alkanes of at least 4 members (excludes halogenated alkanes) is 5. The molecule has 0 radical (unpaired) electrons. The van der Waals surface area contributed by atoms with Crippen LogP contribution in [0.2, 0.25) is 0 Å². The van der Waals surface area contributed by atoms with Crippen LogP contribution >= 0.6 is 0 Å². The number of allylic oxidation sites excluding steroid dienone is 1. The molecule has 0 unspecified atom stereocenters. The Morgan fingerprint density at radius 3 is 2.29 bits per heavy atom. The van der Waals surface area contributed by atoms with Gasteiger partial charge in [-0.3, -0.25) is 4.79 Å². The predicted molar refractivity (Wildman–Crippen MR) is 73.8 cm³/mol. The second kappa shape index (κ2) is 10.2. The molecule has 0 rings (SSSR count). The Morgan fingerprint density at radius 2 is 1.76 bits per heavy atom. The lowest BCUT2D eigenvalue weighted by Gasteiger charge is -2.16. The number of amides is 1. The van der Waals surface area contributed by atoms with Crippen molar-refractivity contribution in [3.63, 3.8) is 0 Å². The van der Waals surface area contributed by atoms with Gasteiger partial charge in [0.15, 0.2) is 0 Å². The number of carbonyl (C=O) groups excluding carboxylic acids is 1. The minimum absolute atomic E-state index is 0.0334. The zero-order valence-electron chi connectivity index (χ0n) is 11.9. The highest BCUT2D eigenvalue weighted by Crippen LogP contribution is 2.08. The first-order valence-electron chi connectivity index (χ1n) is 6.79. The van der Waals surface area contributed by atoms with Crippen LogP contribution in [0.3, 0.4) is 0 Å². The number of nitrogens with zero attached hydrogens (tertiary/aromatic N) is 1. The van der Waals surface area contributed by atoms with Gasteiger partial charge < -0.3 is 10.2 Å². The van der Waals surface area contributed by atoms with E-state index in [1.54, 1.807) is 0 Å². The Morgan fingerprint density at radius 1 is 1.12 bits per heavy atom. The molecular formula is C14H28N2O. The van der Waals surface area contributed by atoms with Crippen LogP contribution in [0.5, 0.6) is 0 Å². The summed E-state index contributed by atoms with van der Waals surface area (Å²) in [6, 6.07) is 0. The molecule has 0 aromatic heterocycles. The molecule has 0 saturated heterocycles. The van der Waals surface area contributed by atoms with Gasteiger partial charge in [0.2, 0.25) is 0 Å². The van der Waals surface area contributed by atoms with Crippen molar-refractivity contribution in [3.8, 4) is 0 Å². The van der Waals surface area contributed by atoms with Crippen LogP contribution in [-0.4, -0.2) is 31.4 Å². The van der Waals surface area contributed by atoms with Gasteiger partial charge in [0, 0.05) is 20.6 Å². The molecule has 0 aromatic rings. The average Bonchev–Trinajstić information content (AvgIpc) is 2.27. The molecule has 100 valence electrons. The second-order valence-corrected chi connectivity index (χ2v) is 4.55. The number of likely N-dealkylation sites (N-methyl/N-ethyl adjacent to an activating group) is 2. The van der Waals surface area contributed by atoms with Crippen LogP contribution in [0.15, 0.2) is 11.8 Å². The van der Waals surface area contributed by atoms with Crippen LogP contribution in [0.25, 0.3) is 0 Å². The Kier molecular flexibility index (Phi) is 9.59. The Balaban J connectivity index is 4.00. The van der Waals surface area contributed by atoms with E-state index >= 15 is 0 Å². The standard InChI is InChI=1S/C14H28N2O/c1-5-7-8-9-10-11-12-13(16(3)4)14(17)15-6-2/h12H,5-11H2,1-4H3,(H,15,17)/b13-12+. The van der Waals surface area contributed by atoms with Crippen LogP contribution < -0.4 is 5.32 Å². The molecule has 0 saturated carbocycles. The zero-order chi connectivity index (χ0) is 13.1. The first-order chi connectivity index (χ1) is 8.13. The number of hydrogen-bond donors (Lipinski definition) is 1. The Hall–Kier alpha value is -0.990. The van der Waals surface area contributed by atoms with Gasteiger partial charge in [-0.1, -0.05) is 38.7 Å². The maximum absolute atomic E-state index is 11.7. The summed E-state index contributed by atoms with van der Waals surface area (Å²) < 4.78 is 0. The molecular weight excluding hydrogens is 212 g/mol. The van der Waals surface area contributed by atoms with Gasteiger partial charge in [-0.25, -0.2) is 0 Å². The topological polar surface area (TPSA) is 32.3 Å². The first kappa shape index (κ1) is 16.0. The summed E-state index contributed by atoms with van der Waals surface area (Å²) in [4.78, 5) is 13.6. The van der Waals surface area contributed by atoms with Crippen LogP contribution in [0.1, 0.15) is 52.4 Å². The quantitative estimate of drug-likeness (QED) is 0.496. The van der Waals surface area contributed by atoms with E-state index in [9.17, 15) is 4.79 Å². The average molecular weight is 240 g/mol. The third-order valence-electron chi connectivity index (χ3n) is 2.70. The molecule has 0 atom stereocenters. The van der Waals surface area contributed by atoms with E-state index in [1.807, 2.05) is 25.9 Å². The predicted octanol–water partition coefficient (Wildman–Crippen LogP) is 2.93. The minimum Gasteiger partial charge on any atom is -0.373 e. The van der Waals surface area contributed by atoms with Crippen molar-refractivity contribution >= 4 is 5.91 Å². The lowest BCUT2D eigenvalue weighted by molar-refractivity contribution is -0.118. The van der Waals surface area contributed by atoms with E-state index in [0.29, 0.717) is 6.54 Å². The van der Waals surface area contributed by atoms with Gasteiger partial charge >= 0.3 is 0 Å². The van der Waals surface area contributed by atoms with Gasteiger partial charge in [-0.05, 0) is 19.8 Å². The molecule has 3 heteroatoms. The molecule has 0 aromatic carbocycles. The summed E-state index contributed by atoms with van der Waals surface area (Å²) in [5.74, 6) is 0.0334. The molecule has 0 spiro atoms. The summed E-state index contributed by atoms with van der Waals surface area (Å²) in [6.45, 7) is 4.84. The van der Waals surface area contributed by atoms with Gasteiger partial charge in [0.25, 0.3) is 5.91 Å². The van der Waals surface area contributed by atoms with Crippen molar-refractivity contribution in [1.29, 1.82) is 0 Å². The minimum atomic E-state index is 0.0334. The fourth-order valence-corrected chi connectivity index (χ4v) is 1.72. The van der Waals surface area contributed by atoms with Gasteiger partial charge in [-0.15, -0.1) is 0 Å². The summed E-state index contributed by atoms with van der Waals surface area (Å²) in [5, 5.41) is 2.84. The van der Waals surface area contributed by atoms with Gasteiger partial charge in [-0.2, -0.15) is 0 Å². The molecule has 1 N–H and O–H groups in total. The van der Waals surface area contributed by atoms with E-state index < -0.39 is 0 Å². The molecule has 0 heterocycles. The van der Waals surface area contributed by atoms with Gasteiger partial charge in [0.05, 0.1) is 5.70 Å². The van der Waals surface area contributed by atoms with Crippen LogP contribution in [0.4, 0.5) is 0 Å². The summed E-state index contributed by atoms with van der Waals surface area (Å²) in [6.07, 6.45) is 9.39. The van der Waals surface area contributed by atoms with Crippen molar-refractivity contribution < 1.29 is 4.79 Å². The SMILES string of the molecule is CCCCCCC/C=C(\C(=O)NCC)N(C)C.